The van der Waals surface area contributed by atoms with E-state index in [1.807, 2.05) is 44.2 Å². The first-order valence-electron chi connectivity index (χ1n) is 10.1. The number of aliphatic hydroxyl groups excluding tert-OH is 1. The first kappa shape index (κ1) is 19.7. The number of rotatable bonds is 5. The van der Waals surface area contributed by atoms with Crippen LogP contribution in [0.1, 0.15) is 18.4 Å². The second kappa shape index (κ2) is 7.80. The second-order valence-corrected chi connectivity index (χ2v) is 8.20. The van der Waals surface area contributed by atoms with Crippen molar-refractivity contribution < 1.29 is 9.84 Å². The molecular weight excluding hydrogens is 412 g/mol. The third-order valence-corrected chi connectivity index (χ3v) is 5.89. The highest BCUT2D eigenvalue weighted by molar-refractivity contribution is 6.36. The fourth-order valence-corrected chi connectivity index (χ4v) is 3.97. The Bertz CT molecular complexity index is 1360. The lowest BCUT2D eigenvalue weighted by atomic mass is 9.96. The molecule has 1 aliphatic rings. The normalized spacial score (nSPS) is 16.8. The summed E-state index contributed by atoms with van der Waals surface area (Å²) in [7, 11) is 0. The van der Waals surface area contributed by atoms with Gasteiger partial charge in [-0.25, -0.2) is 9.97 Å². The molecule has 0 saturated carbocycles. The van der Waals surface area contributed by atoms with Gasteiger partial charge in [-0.05, 0) is 42.7 Å². The van der Waals surface area contributed by atoms with E-state index in [2.05, 4.69) is 27.1 Å². The number of nitrogens with zero attached hydrogens (tertiary/aromatic N) is 3. The van der Waals surface area contributed by atoms with Crippen molar-refractivity contribution in [3.05, 3.63) is 71.3 Å². The first-order chi connectivity index (χ1) is 15.0. The molecule has 31 heavy (non-hydrogen) atoms. The van der Waals surface area contributed by atoms with Crippen LogP contribution in [0.4, 0.5) is 0 Å². The van der Waals surface area contributed by atoms with E-state index in [0.29, 0.717) is 27.6 Å². The molecule has 6 nitrogen and oxygen atoms in total. The van der Waals surface area contributed by atoms with E-state index < -0.39 is 0 Å². The van der Waals surface area contributed by atoms with Crippen LogP contribution in [-0.4, -0.2) is 31.6 Å². The van der Waals surface area contributed by atoms with Gasteiger partial charge in [0, 0.05) is 18.6 Å². The second-order valence-electron chi connectivity index (χ2n) is 7.82. The zero-order valence-corrected chi connectivity index (χ0v) is 17.9. The summed E-state index contributed by atoms with van der Waals surface area (Å²) in [6.45, 7) is 4.07. The van der Waals surface area contributed by atoms with Gasteiger partial charge in [-0.2, -0.15) is 0 Å². The van der Waals surface area contributed by atoms with Crippen LogP contribution in [0.5, 0.6) is 11.5 Å². The standard InChI is InChI=1S/C24H21ClN4O2/c1-13(12-30)15-3-4-16(9-15)21-11-26-19-7-8-22(23(25)24(19)29-21)31-17-5-6-18-20(10-17)28-14(2)27-18/h3-11,13,15,30H,12H2,1-2H3,(H,27,28)/t13-,15?/m0/s1. The molecular formula is C24H21ClN4O2. The zero-order chi connectivity index (χ0) is 21.5. The maximum absolute atomic E-state index is 9.41. The Hall–Kier alpha value is -3.22. The highest BCUT2D eigenvalue weighted by Gasteiger charge is 2.19. The average Bonchev–Trinajstić information content (AvgIpc) is 3.41. The number of aliphatic hydroxyl groups is 1. The van der Waals surface area contributed by atoms with Crippen molar-refractivity contribution >= 4 is 39.2 Å². The summed E-state index contributed by atoms with van der Waals surface area (Å²) in [6.07, 6.45) is 7.95. The smallest absolute Gasteiger partial charge is 0.148 e. The Morgan fingerprint density at radius 2 is 2.03 bits per heavy atom. The van der Waals surface area contributed by atoms with Crippen LogP contribution in [0.15, 0.2) is 54.8 Å². The summed E-state index contributed by atoms with van der Waals surface area (Å²) in [5.41, 5.74) is 4.79. The van der Waals surface area contributed by atoms with Gasteiger partial charge in [0.05, 0.1) is 28.4 Å². The Kier molecular flexibility index (Phi) is 4.96. The average molecular weight is 433 g/mol. The van der Waals surface area contributed by atoms with Crippen molar-refractivity contribution in [2.75, 3.05) is 6.61 Å². The van der Waals surface area contributed by atoms with Crippen LogP contribution in [0.25, 0.3) is 27.6 Å². The van der Waals surface area contributed by atoms with Gasteiger partial charge in [0.2, 0.25) is 0 Å². The lowest BCUT2D eigenvalue weighted by Gasteiger charge is -2.12. The van der Waals surface area contributed by atoms with Gasteiger partial charge in [-0.1, -0.05) is 36.8 Å². The molecule has 2 atom stereocenters. The van der Waals surface area contributed by atoms with Crippen LogP contribution >= 0.6 is 11.6 Å². The van der Waals surface area contributed by atoms with Crippen LogP contribution in [0, 0.1) is 18.8 Å². The maximum Gasteiger partial charge on any atom is 0.148 e. The Morgan fingerprint density at radius 3 is 2.87 bits per heavy atom. The van der Waals surface area contributed by atoms with E-state index in [-0.39, 0.29) is 18.4 Å². The maximum atomic E-state index is 9.41. The molecule has 1 unspecified atom stereocenters. The van der Waals surface area contributed by atoms with Gasteiger partial charge in [-0.3, -0.25) is 4.98 Å². The Morgan fingerprint density at radius 1 is 1.19 bits per heavy atom. The van der Waals surface area contributed by atoms with Crippen LogP contribution in [0.3, 0.4) is 0 Å². The third kappa shape index (κ3) is 3.69. The van der Waals surface area contributed by atoms with Crippen molar-refractivity contribution in [3.63, 3.8) is 0 Å². The van der Waals surface area contributed by atoms with Gasteiger partial charge in [-0.15, -0.1) is 0 Å². The first-order valence-corrected chi connectivity index (χ1v) is 10.5. The summed E-state index contributed by atoms with van der Waals surface area (Å²) in [5.74, 6) is 2.36. The minimum Gasteiger partial charge on any atom is -0.456 e. The fraction of sp³-hybridized carbons (Fsp3) is 0.208. The zero-order valence-electron chi connectivity index (χ0n) is 17.1. The van der Waals surface area contributed by atoms with Crippen LogP contribution in [-0.2, 0) is 0 Å². The Labute approximate surface area is 184 Å². The third-order valence-electron chi connectivity index (χ3n) is 5.53. The van der Waals surface area contributed by atoms with Crippen molar-refractivity contribution in [2.45, 2.75) is 13.8 Å². The number of aromatic nitrogens is 4. The molecule has 0 aliphatic heterocycles. The van der Waals surface area contributed by atoms with E-state index >= 15 is 0 Å². The van der Waals surface area contributed by atoms with E-state index in [4.69, 9.17) is 21.3 Å². The molecule has 0 radical (unpaired) electrons. The van der Waals surface area contributed by atoms with Gasteiger partial charge in [0.15, 0.2) is 0 Å². The summed E-state index contributed by atoms with van der Waals surface area (Å²) < 4.78 is 6.06. The number of halogens is 1. The predicted octanol–water partition coefficient (Wildman–Crippen LogP) is 5.46. The summed E-state index contributed by atoms with van der Waals surface area (Å²) in [4.78, 5) is 16.9. The molecule has 0 amide bonds. The number of nitrogens with one attached hydrogen (secondary N) is 1. The van der Waals surface area contributed by atoms with E-state index in [1.165, 1.54) is 0 Å². The van der Waals surface area contributed by atoms with Crippen molar-refractivity contribution in [2.24, 2.45) is 11.8 Å². The molecule has 5 rings (SSSR count). The predicted molar refractivity (Wildman–Crippen MR) is 122 cm³/mol. The van der Waals surface area contributed by atoms with E-state index in [1.54, 1.807) is 12.3 Å². The van der Waals surface area contributed by atoms with Gasteiger partial charge in [0.1, 0.15) is 27.9 Å². The molecule has 2 heterocycles. The monoisotopic (exact) mass is 432 g/mol. The molecule has 2 aromatic carbocycles. The number of allylic oxidation sites excluding steroid dienone is 4. The minimum absolute atomic E-state index is 0.138. The minimum atomic E-state index is 0.138. The molecule has 0 spiro atoms. The lowest BCUT2D eigenvalue weighted by Crippen LogP contribution is -2.09. The topological polar surface area (TPSA) is 83.9 Å². The van der Waals surface area contributed by atoms with Gasteiger partial charge < -0.3 is 14.8 Å². The lowest BCUT2D eigenvalue weighted by molar-refractivity contribution is 0.221. The highest BCUT2D eigenvalue weighted by atomic mass is 35.5. The molecule has 1 aliphatic carbocycles. The van der Waals surface area contributed by atoms with E-state index in [0.717, 1.165) is 28.1 Å². The fourth-order valence-electron chi connectivity index (χ4n) is 3.73. The SMILES string of the molecule is Cc1nc2ccc(Oc3ccc4ncc(C5=CC([C@@H](C)CO)C=C5)nc4c3Cl)cc2[nH]1. The number of fused-ring (bicyclic) bond motifs is 2. The summed E-state index contributed by atoms with van der Waals surface area (Å²) in [6, 6.07) is 9.32. The van der Waals surface area contributed by atoms with E-state index in [9.17, 15) is 5.11 Å². The number of aromatic amines is 1. The van der Waals surface area contributed by atoms with Crippen LogP contribution < -0.4 is 4.74 Å². The number of H-pyrrole nitrogens is 1. The number of ether oxygens (including phenoxy) is 1. The molecule has 4 aromatic rings. The molecule has 2 N–H and O–H groups in total. The summed E-state index contributed by atoms with van der Waals surface area (Å²) >= 11 is 6.68. The van der Waals surface area contributed by atoms with Gasteiger partial charge in [0.25, 0.3) is 0 Å². The van der Waals surface area contributed by atoms with Crippen molar-refractivity contribution in [1.29, 1.82) is 0 Å². The molecule has 0 saturated heterocycles. The molecule has 156 valence electrons. The molecule has 2 aromatic heterocycles. The number of aryl methyl sites for hydroxylation is 1. The molecule has 0 fully saturated rings. The highest BCUT2D eigenvalue weighted by Crippen LogP contribution is 2.36. The molecule has 7 heteroatoms. The van der Waals surface area contributed by atoms with Crippen molar-refractivity contribution in [1.82, 2.24) is 19.9 Å². The number of imidazole rings is 1. The van der Waals surface area contributed by atoms with Gasteiger partial charge >= 0.3 is 0 Å². The largest absolute Gasteiger partial charge is 0.456 e. The number of hydrogen-bond donors (Lipinski definition) is 2. The van der Waals surface area contributed by atoms with Crippen molar-refractivity contribution in [3.8, 4) is 11.5 Å². The number of benzene rings is 2. The molecule has 0 bridgehead atoms. The van der Waals surface area contributed by atoms with Crippen LogP contribution in [0.2, 0.25) is 5.02 Å². The summed E-state index contributed by atoms with van der Waals surface area (Å²) in [5, 5.41) is 9.83. The number of hydrogen-bond acceptors (Lipinski definition) is 5. The Balaban J connectivity index is 1.49. The quantitative estimate of drug-likeness (QED) is 0.437.